The van der Waals surface area contributed by atoms with E-state index in [9.17, 15) is 0 Å². The number of hydrogen-bond acceptors (Lipinski definition) is 0. The first-order valence-electron chi connectivity index (χ1n) is 18.2. The van der Waals surface area contributed by atoms with Crippen molar-refractivity contribution < 1.29 is 15.6 Å². The molecule has 0 N–H and O–H groups in total. The van der Waals surface area contributed by atoms with Gasteiger partial charge in [-0.2, -0.15) is 0 Å². The molecule has 2 fully saturated rings. The van der Waals surface area contributed by atoms with Crippen molar-refractivity contribution in [2.45, 2.75) is 137 Å². The van der Waals surface area contributed by atoms with Crippen molar-refractivity contribution in [3.05, 3.63) is 80.9 Å². The summed E-state index contributed by atoms with van der Waals surface area (Å²) in [5.74, 6) is 0.971. The summed E-state index contributed by atoms with van der Waals surface area (Å²) in [5.41, 5.74) is 12.3. The number of hydrogen-bond donors (Lipinski definition) is 0. The number of halogens is 2. The van der Waals surface area contributed by atoms with Crippen molar-refractivity contribution >= 4 is 35.1 Å². The van der Waals surface area contributed by atoms with E-state index >= 15 is 0 Å². The molecule has 4 aliphatic rings. The predicted octanol–water partition coefficient (Wildman–Crippen LogP) is 13.4. The van der Waals surface area contributed by atoms with Crippen LogP contribution >= 0.6 is 17.0 Å². The summed E-state index contributed by atoms with van der Waals surface area (Å²) in [7, 11) is 17.6. The Morgan fingerprint density at radius 3 is 1.32 bits per heavy atom. The van der Waals surface area contributed by atoms with Crippen molar-refractivity contribution in [2.24, 2.45) is 11.8 Å². The van der Waals surface area contributed by atoms with Gasteiger partial charge in [-0.3, -0.25) is 0 Å². The quantitative estimate of drug-likeness (QED) is 0.226. The molecule has 0 aromatic heterocycles. The summed E-state index contributed by atoms with van der Waals surface area (Å²) >= 11 is -4.73. The van der Waals surface area contributed by atoms with Crippen LogP contribution in [0.2, 0.25) is 13.1 Å². The van der Waals surface area contributed by atoms with Gasteiger partial charge in [0.1, 0.15) is 0 Å². The summed E-state index contributed by atoms with van der Waals surface area (Å²) in [4.78, 5) is 0. The van der Waals surface area contributed by atoms with E-state index in [0.29, 0.717) is 23.7 Å². The van der Waals surface area contributed by atoms with E-state index in [1.165, 1.54) is 86.5 Å². The first-order chi connectivity index (χ1) is 21.0. The van der Waals surface area contributed by atoms with Crippen LogP contribution in [0.1, 0.15) is 157 Å². The molecule has 2 unspecified atom stereocenters. The molecule has 2 saturated carbocycles. The summed E-state index contributed by atoms with van der Waals surface area (Å²) in [6.07, 6.45) is 21.0. The standard InChI is InChI=1S/2C19H25.C2H7Si.2ClH.Zr/c2*1-14(2)11-15-12-17-9-6-10-18(19(17)13-15)16-7-4-3-5-8-16;1-3-2;;;/h2*6,9-10,12-14,16H,3-5,7-8,11H2,1-2H3;3H,1-2H3;2*1H;/q;;;;;+2/p-2. The topological polar surface area (TPSA) is 0 Å². The van der Waals surface area contributed by atoms with Gasteiger partial charge in [0.05, 0.1) is 0 Å². The molecule has 4 heteroatoms. The molecule has 2 atom stereocenters. The summed E-state index contributed by atoms with van der Waals surface area (Å²) in [6, 6.07) is 14.5. The second kappa shape index (κ2) is 13.2. The zero-order valence-corrected chi connectivity index (χ0v) is 33.5. The van der Waals surface area contributed by atoms with Gasteiger partial charge in [-0.25, -0.2) is 0 Å². The van der Waals surface area contributed by atoms with Gasteiger partial charge < -0.3 is 0 Å². The third-order valence-electron chi connectivity index (χ3n) is 12.0. The van der Waals surface area contributed by atoms with Crippen LogP contribution < -0.4 is 0 Å². The molecular formula is C40H57Cl2SiZr. The van der Waals surface area contributed by atoms with E-state index < -0.39 is 21.5 Å². The molecule has 2 aromatic rings. The predicted molar refractivity (Wildman–Crippen MR) is 195 cm³/mol. The molecule has 2 aromatic carbocycles. The van der Waals surface area contributed by atoms with E-state index in [1.54, 1.807) is 22.3 Å². The molecule has 0 radical (unpaired) electrons. The molecule has 0 bridgehead atoms. The molecule has 0 nitrogen and oxygen atoms in total. The second-order valence-electron chi connectivity index (χ2n) is 16.3. The third kappa shape index (κ3) is 5.92. The van der Waals surface area contributed by atoms with E-state index in [1.807, 2.05) is 0 Å². The third-order valence-corrected chi connectivity index (χ3v) is 63.8. The Morgan fingerprint density at radius 1 is 0.614 bits per heavy atom. The fourth-order valence-electron chi connectivity index (χ4n) is 9.95. The molecule has 239 valence electrons. The van der Waals surface area contributed by atoms with Crippen molar-refractivity contribution in [2.75, 3.05) is 0 Å². The Bertz CT molecular complexity index is 1320. The van der Waals surface area contributed by atoms with Crippen molar-refractivity contribution in [3.8, 4) is 0 Å². The Hall–Kier alpha value is -0.400. The second-order valence-corrected chi connectivity index (χ2v) is 58.8. The Kier molecular flexibility index (Phi) is 10.1. The molecule has 0 amide bonds. The number of rotatable bonds is 9. The van der Waals surface area contributed by atoms with Crippen molar-refractivity contribution in [3.63, 3.8) is 0 Å². The molecule has 6 rings (SSSR count). The molecule has 4 aliphatic carbocycles. The van der Waals surface area contributed by atoms with E-state index in [-0.39, 0.29) is 7.25 Å². The SMILES string of the molecule is CC(C)CC1=Cc2c(C3CCCCC3)cccc2[CH]1[Zr]([Cl])([Cl])([CH]1C(CC(C)C)=Cc2c(C3CCCCC3)cccc21)[SiH](C)C. The van der Waals surface area contributed by atoms with E-state index in [2.05, 4.69) is 89.3 Å². The fourth-order valence-corrected chi connectivity index (χ4v) is 41.3. The van der Waals surface area contributed by atoms with Gasteiger partial charge in [0.25, 0.3) is 0 Å². The van der Waals surface area contributed by atoms with Gasteiger partial charge in [-0.05, 0) is 0 Å². The average Bonchev–Trinajstić information content (AvgIpc) is 3.56. The average molecular weight is 728 g/mol. The van der Waals surface area contributed by atoms with Crippen LogP contribution in [0.15, 0.2) is 47.5 Å². The number of allylic oxidation sites excluding steroid dienone is 2. The van der Waals surface area contributed by atoms with Gasteiger partial charge in [-0.1, -0.05) is 0 Å². The van der Waals surface area contributed by atoms with E-state index in [0.717, 1.165) is 12.8 Å². The normalized spacial score (nSPS) is 23.9. The molecule has 0 spiro atoms. The summed E-state index contributed by atoms with van der Waals surface area (Å²) in [6.45, 7) is 14.6. The minimum atomic E-state index is -4.73. The van der Waals surface area contributed by atoms with E-state index in [4.69, 9.17) is 17.0 Å². The van der Waals surface area contributed by atoms with Gasteiger partial charge >= 0.3 is 280 Å². The number of benzene rings is 2. The van der Waals surface area contributed by atoms with Crippen LogP contribution in [-0.2, 0) is 15.6 Å². The first kappa shape index (κ1) is 33.5. The Labute approximate surface area is 278 Å². The first-order valence-corrected chi connectivity index (χ1v) is 34.6. The molecular weight excluding hydrogens is 671 g/mol. The number of fused-ring (bicyclic) bond motifs is 2. The zero-order chi connectivity index (χ0) is 31.2. The van der Waals surface area contributed by atoms with Crippen LogP contribution in [0.5, 0.6) is 0 Å². The van der Waals surface area contributed by atoms with Crippen LogP contribution in [0.3, 0.4) is 0 Å². The monoisotopic (exact) mass is 725 g/mol. The molecule has 0 heterocycles. The maximum absolute atomic E-state index is 8.79. The van der Waals surface area contributed by atoms with Crippen LogP contribution in [0.25, 0.3) is 12.2 Å². The van der Waals surface area contributed by atoms with Crippen LogP contribution in [-0.4, -0.2) is 5.92 Å². The van der Waals surface area contributed by atoms with Crippen molar-refractivity contribution in [1.82, 2.24) is 0 Å². The Balaban J connectivity index is 1.55. The summed E-state index contributed by atoms with van der Waals surface area (Å²) in [5, 5.41) is 0. The zero-order valence-electron chi connectivity index (χ0n) is 28.4. The van der Waals surface area contributed by atoms with Crippen LogP contribution in [0, 0.1) is 11.8 Å². The van der Waals surface area contributed by atoms with Gasteiger partial charge in [0.2, 0.25) is 0 Å². The molecule has 0 aliphatic heterocycles. The fraction of sp³-hybridized carbons (Fsp3) is 0.600. The van der Waals surface area contributed by atoms with Gasteiger partial charge in [0.15, 0.2) is 0 Å². The summed E-state index contributed by atoms with van der Waals surface area (Å²) < 4.78 is 0.439. The molecule has 0 saturated heterocycles. The van der Waals surface area contributed by atoms with Crippen LogP contribution in [0.4, 0.5) is 0 Å². The Morgan fingerprint density at radius 2 is 0.977 bits per heavy atom. The van der Waals surface area contributed by atoms with Gasteiger partial charge in [0, 0.05) is 0 Å². The molecule has 44 heavy (non-hydrogen) atoms. The van der Waals surface area contributed by atoms with Crippen molar-refractivity contribution in [1.29, 1.82) is 0 Å². The van der Waals surface area contributed by atoms with Gasteiger partial charge in [-0.15, -0.1) is 0 Å². The minimum absolute atomic E-state index is 0.220. The maximum atomic E-state index is 8.79.